The average molecular weight is 636 g/mol. The Labute approximate surface area is 279 Å². The first-order chi connectivity index (χ1) is 21.4. The molecule has 2 nitrogen and oxygen atoms in total. The lowest BCUT2D eigenvalue weighted by Crippen LogP contribution is -2.27. The number of benzene rings is 1. The summed E-state index contributed by atoms with van der Waals surface area (Å²) in [5.41, 5.74) is 7.52. The number of carbonyl (C=O) groups is 1. The number of anilines is 1. The van der Waals surface area contributed by atoms with Gasteiger partial charge in [0.25, 0.3) is 0 Å². The van der Waals surface area contributed by atoms with Crippen LogP contribution in [0.15, 0.2) is 88.1 Å². The van der Waals surface area contributed by atoms with E-state index in [9.17, 15) is 9.18 Å². The first-order valence-electron chi connectivity index (χ1n) is 17.2. The molecule has 1 aliphatic carbocycles. The molecule has 0 heterocycles. The number of nitrogens with one attached hydrogen (secondary N) is 1. The molecule has 0 spiro atoms. The predicted octanol–water partition coefficient (Wildman–Crippen LogP) is 13.0. The van der Waals surface area contributed by atoms with E-state index in [0.717, 1.165) is 74.8 Å². The normalized spacial score (nSPS) is 17.9. The van der Waals surface area contributed by atoms with Crippen molar-refractivity contribution in [1.82, 2.24) is 0 Å². The van der Waals surface area contributed by atoms with E-state index in [4.69, 9.17) is 11.6 Å². The van der Waals surface area contributed by atoms with Crippen LogP contribution < -0.4 is 5.32 Å². The van der Waals surface area contributed by atoms with E-state index < -0.39 is 0 Å². The molecule has 1 aliphatic rings. The average Bonchev–Trinajstić information content (AvgIpc) is 3.15. The largest absolute Gasteiger partial charge is 0.326 e. The number of amides is 1. The van der Waals surface area contributed by atoms with Crippen LogP contribution in [0.25, 0.3) is 0 Å². The summed E-state index contributed by atoms with van der Waals surface area (Å²) in [7, 11) is 0. The fourth-order valence-electron chi connectivity index (χ4n) is 5.96. The van der Waals surface area contributed by atoms with Gasteiger partial charge in [0.15, 0.2) is 0 Å². The Morgan fingerprint density at radius 2 is 1.82 bits per heavy atom. The molecule has 1 amide bonds. The zero-order valence-corrected chi connectivity index (χ0v) is 30.1. The number of halogens is 2. The molecule has 0 saturated carbocycles. The molecule has 1 aromatic rings. The molecule has 4 atom stereocenters. The summed E-state index contributed by atoms with van der Waals surface area (Å²) in [5, 5.41) is 3.85. The van der Waals surface area contributed by atoms with Crippen molar-refractivity contribution in [3.63, 3.8) is 0 Å². The van der Waals surface area contributed by atoms with Gasteiger partial charge in [-0.1, -0.05) is 120 Å². The van der Waals surface area contributed by atoms with Crippen molar-refractivity contribution >= 4 is 23.2 Å². The number of rotatable bonds is 18. The quantitative estimate of drug-likeness (QED) is 0.160. The van der Waals surface area contributed by atoms with Gasteiger partial charge in [0.1, 0.15) is 5.82 Å². The summed E-state index contributed by atoms with van der Waals surface area (Å²) in [4.78, 5) is 13.2. The first kappa shape index (κ1) is 38.5. The maximum Gasteiger partial charge on any atom is 0.227 e. The third-order valence-electron chi connectivity index (χ3n) is 9.53. The third-order valence-corrected chi connectivity index (χ3v) is 9.87. The van der Waals surface area contributed by atoms with Crippen molar-refractivity contribution in [2.75, 3.05) is 5.32 Å². The lowest BCUT2D eigenvalue weighted by Gasteiger charge is -2.24. The number of carbonyl (C=O) groups excluding carboxylic acids is 1. The minimum absolute atomic E-state index is 0.0225. The number of allylic oxidation sites excluding steroid dienone is 11. The van der Waals surface area contributed by atoms with Gasteiger partial charge >= 0.3 is 0 Å². The van der Waals surface area contributed by atoms with Crippen molar-refractivity contribution in [3.8, 4) is 0 Å². The van der Waals surface area contributed by atoms with Gasteiger partial charge < -0.3 is 5.32 Å². The fourth-order valence-corrected chi connectivity index (χ4v) is 6.37. The summed E-state index contributed by atoms with van der Waals surface area (Å²) < 4.78 is 13.7. The molecule has 1 aromatic carbocycles. The zero-order chi connectivity index (χ0) is 33.5. The maximum atomic E-state index is 13.7. The second kappa shape index (κ2) is 19.8. The summed E-state index contributed by atoms with van der Waals surface area (Å²) in [5.74, 6) is 1.00. The molecule has 4 unspecified atom stereocenters. The highest BCUT2D eigenvalue weighted by molar-refractivity contribution is 6.32. The minimum atomic E-state index is -0.255. The van der Waals surface area contributed by atoms with Gasteiger partial charge in [0, 0.05) is 16.6 Å². The Kier molecular flexibility index (Phi) is 16.9. The number of hydrogen-bond acceptors (Lipinski definition) is 1. The van der Waals surface area contributed by atoms with Crippen molar-refractivity contribution in [3.05, 3.63) is 99.4 Å². The second-order valence-electron chi connectivity index (χ2n) is 13.5. The van der Waals surface area contributed by atoms with E-state index >= 15 is 0 Å². The lowest BCUT2D eigenvalue weighted by atomic mass is 9.83. The van der Waals surface area contributed by atoms with Gasteiger partial charge in [-0.25, -0.2) is 4.39 Å². The monoisotopic (exact) mass is 635 g/mol. The molecular weight excluding hydrogens is 577 g/mol. The number of hydrogen-bond donors (Lipinski definition) is 1. The SMILES string of the molecule is C=C(C=C(Cl)C(CCC(C)CCCC(CCCC)C(C)C(=O)Nc1ccc(F)c(C)c1)=C(C)CC1=CC=CC(C)C(C)=C1)CC. The van der Waals surface area contributed by atoms with Gasteiger partial charge in [0.2, 0.25) is 5.91 Å². The van der Waals surface area contributed by atoms with E-state index in [0.29, 0.717) is 29.0 Å². The molecule has 0 aliphatic heterocycles. The van der Waals surface area contributed by atoms with E-state index in [1.54, 1.807) is 19.1 Å². The summed E-state index contributed by atoms with van der Waals surface area (Å²) in [6.07, 6.45) is 21.4. The molecule has 0 bridgehead atoms. The standard InChI is InChI=1S/C41H59ClFNO/c1-10-12-18-36(34(9)41(45)44-37-21-23-40(43)33(8)27-37)19-13-15-29(4)20-22-38(39(42)24-28(3)11-2)32(7)26-35-17-14-16-30(5)31(6)25-35/h14,16-17,21,23-25,27,29-30,34,36H,3,10-13,15,18-20,22,26H2,1-2,4-9H3,(H,44,45). The predicted molar refractivity (Wildman–Crippen MR) is 195 cm³/mol. The van der Waals surface area contributed by atoms with E-state index in [-0.39, 0.29) is 17.6 Å². The molecule has 0 saturated heterocycles. The van der Waals surface area contributed by atoms with Crippen LogP contribution in [0.2, 0.25) is 0 Å². The van der Waals surface area contributed by atoms with Crippen LogP contribution in [0.1, 0.15) is 118 Å². The summed E-state index contributed by atoms with van der Waals surface area (Å²) in [6.45, 7) is 21.3. The van der Waals surface area contributed by atoms with Crippen LogP contribution in [-0.2, 0) is 4.79 Å². The van der Waals surface area contributed by atoms with E-state index in [2.05, 4.69) is 77.7 Å². The highest BCUT2D eigenvalue weighted by Gasteiger charge is 2.24. The maximum absolute atomic E-state index is 13.7. The first-order valence-corrected chi connectivity index (χ1v) is 17.6. The van der Waals surface area contributed by atoms with Crippen molar-refractivity contribution in [1.29, 1.82) is 0 Å². The molecule has 45 heavy (non-hydrogen) atoms. The van der Waals surface area contributed by atoms with Crippen molar-refractivity contribution < 1.29 is 9.18 Å². The van der Waals surface area contributed by atoms with Gasteiger partial charge in [-0.05, 0) is 118 Å². The summed E-state index contributed by atoms with van der Waals surface area (Å²) >= 11 is 6.97. The van der Waals surface area contributed by atoms with Crippen LogP contribution in [-0.4, -0.2) is 5.91 Å². The molecule has 4 heteroatoms. The fraction of sp³-hybridized carbons (Fsp3) is 0.537. The topological polar surface area (TPSA) is 29.1 Å². The zero-order valence-electron chi connectivity index (χ0n) is 29.4. The number of aryl methyl sites for hydroxylation is 1. The van der Waals surface area contributed by atoms with E-state index in [1.165, 1.54) is 28.4 Å². The van der Waals surface area contributed by atoms with Crippen molar-refractivity contribution in [2.24, 2.45) is 23.7 Å². The van der Waals surface area contributed by atoms with Gasteiger partial charge in [0.05, 0.1) is 0 Å². The molecule has 0 radical (unpaired) electrons. The van der Waals surface area contributed by atoms with Crippen molar-refractivity contribution in [2.45, 2.75) is 120 Å². The van der Waals surface area contributed by atoms with Gasteiger partial charge in [-0.2, -0.15) is 0 Å². The molecule has 1 N–H and O–H groups in total. The highest BCUT2D eigenvalue weighted by atomic mass is 35.5. The van der Waals surface area contributed by atoms with Crippen LogP contribution >= 0.6 is 11.6 Å². The summed E-state index contributed by atoms with van der Waals surface area (Å²) in [6, 6.07) is 4.76. The smallest absolute Gasteiger partial charge is 0.227 e. The van der Waals surface area contributed by atoms with E-state index in [1.807, 2.05) is 13.0 Å². The number of unbranched alkanes of at least 4 members (excludes halogenated alkanes) is 1. The van der Waals surface area contributed by atoms with Gasteiger partial charge in [-0.15, -0.1) is 0 Å². The molecule has 2 rings (SSSR count). The van der Waals surface area contributed by atoms with Crippen LogP contribution in [0.5, 0.6) is 0 Å². The molecule has 0 aromatic heterocycles. The molecule has 248 valence electrons. The van der Waals surface area contributed by atoms with Crippen LogP contribution in [0.4, 0.5) is 10.1 Å². The third kappa shape index (κ3) is 13.3. The Bertz CT molecular complexity index is 1300. The Hall–Kier alpha value is -2.65. The Balaban J connectivity index is 2.05. The minimum Gasteiger partial charge on any atom is -0.326 e. The Morgan fingerprint density at radius 3 is 2.49 bits per heavy atom. The lowest BCUT2D eigenvalue weighted by molar-refractivity contribution is -0.121. The Morgan fingerprint density at radius 1 is 1.11 bits per heavy atom. The highest BCUT2D eigenvalue weighted by Crippen LogP contribution is 2.33. The van der Waals surface area contributed by atoms with Crippen LogP contribution in [0, 0.1) is 36.4 Å². The molecule has 0 fully saturated rings. The molecular formula is C41H59ClFNO. The second-order valence-corrected chi connectivity index (χ2v) is 13.9. The van der Waals surface area contributed by atoms with Gasteiger partial charge in [-0.3, -0.25) is 4.79 Å². The van der Waals surface area contributed by atoms with Crippen LogP contribution in [0.3, 0.4) is 0 Å².